The van der Waals surface area contributed by atoms with Crippen molar-refractivity contribution in [3.63, 3.8) is 0 Å². The van der Waals surface area contributed by atoms with Gasteiger partial charge >= 0.3 is 0 Å². The smallest absolute Gasteiger partial charge is 0.0362 e. The molecule has 0 saturated heterocycles. The van der Waals surface area contributed by atoms with Crippen LogP contribution in [0.25, 0.3) is 80.0 Å². The number of fused-ring (bicyclic) bond motifs is 10. The largest absolute Gasteiger partial charge is 0.135 e. The summed E-state index contributed by atoms with van der Waals surface area (Å²) in [5, 5.41) is 12.9. The van der Waals surface area contributed by atoms with Crippen LogP contribution < -0.4 is 0 Å². The molecule has 2 heteroatoms. The van der Waals surface area contributed by atoms with E-state index in [0.29, 0.717) is 0 Å². The van der Waals surface area contributed by atoms with Gasteiger partial charge in [-0.2, -0.15) is 0 Å². The van der Waals surface area contributed by atoms with Crippen LogP contribution >= 0.6 is 23.1 Å². The summed E-state index contributed by atoms with van der Waals surface area (Å²) in [5.74, 6) is 0. The van der Waals surface area contributed by atoms with Gasteiger partial charge in [-0.05, 0) is 106 Å². The molecule has 0 unspecified atom stereocenters. The van der Waals surface area contributed by atoms with E-state index in [1.807, 2.05) is 23.1 Å². The lowest BCUT2D eigenvalue weighted by molar-refractivity contribution is 1.13. The van der Waals surface area contributed by atoms with Gasteiger partial charge in [0, 0.05) is 36.9 Å². The minimum atomic E-state index is 0.897. The molecule has 2 heterocycles. The highest BCUT2D eigenvalue weighted by Crippen LogP contribution is 2.49. The molecule has 1 aliphatic heterocycles. The minimum absolute atomic E-state index is 0.897. The molecule has 1 aromatic heterocycles. The summed E-state index contributed by atoms with van der Waals surface area (Å²) < 4.78 is 2.71. The predicted molar refractivity (Wildman–Crippen MR) is 245 cm³/mol. The third kappa shape index (κ3) is 5.76. The molecule has 0 spiro atoms. The molecule has 0 atom stereocenters. The molecular weight excluding hydrogens is 701 g/mol. The molecule has 55 heavy (non-hydrogen) atoms. The third-order valence-electron chi connectivity index (χ3n) is 11.2. The third-order valence-corrected chi connectivity index (χ3v) is 13.5. The number of rotatable bonds is 7. The van der Waals surface area contributed by atoms with E-state index in [4.69, 9.17) is 0 Å². The lowest BCUT2D eigenvalue weighted by Crippen LogP contribution is -1.92. The molecule has 0 aliphatic carbocycles. The van der Waals surface area contributed by atoms with Gasteiger partial charge in [0.05, 0.1) is 0 Å². The SMILES string of the molecule is C=C(/C=C\C(=C)c1c2ccccc2c(-c2ccc3ccccc3c2)c2ccccc12)/C(=C/C=C1\Cc2ccc3ccc4sc5ccccc5c4c3c2S1)CC. The Morgan fingerprint density at radius 1 is 0.618 bits per heavy atom. The van der Waals surface area contributed by atoms with Gasteiger partial charge in [-0.25, -0.2) is 0 Å². The van der Waals surface area contributed by atoms with Crippen molar-refractivity contribution in [1.29, 1.82) is 0 Å². The maximum atomic E-state index is 4.66. The first-order valence-corrected chi connectivity index (χ1v) is 20.6. The summed E-state index contributed by atoms with van der Waals surface area (Å²) in [7, 11) is 0. The van der Waals surface area contributed by atoms with Gasteiger partial charge in [-0.15, -0.1) is 11.3 Å². The van der Waals surface area contributed by atoms with Gasteiger partial charge in [0.1, 0.15) is 0 Å². The van der Waals surface area contributed by atoms with Crippen molar-refractivity contribution in [2.75, 3.05) is 0 Å². The first-order valence-electron chi connectivity index (χ1n) is 19.0. The number of hydrogen-bond donors (Lipinski definition) is 0. The maximum Gasteiger partial charge on any atom is 0.0362 e. The van der Waals surface area contributed by atoms with Crippen molar-refractivity contribution < 1.29 is 0 Å². The topological polar surface area (TPSA) is 0 Å². The normalized spacial score (nSPS) is 14.1. The molecule has 0 nitrogen and oxygen atoms in total. The second kappa shape index (κ2) is 13.7. The summed E-state index contributed by atoms with van der Waals surface area (Å²) in [6, 6.07) is 51.0. The molecule has 262 valence electrons. The number of hydrogen-bond acceptors (Lipinski definition) is 2. The van der Waals surface area contributed by atoms with E-state index in [2.05, 4.69) is 184 Å². The quantitative estimate of drug-likeness (QED) is 0.116. The van der Waals surface area contributed by atoms with E-state index >= 15 is 0 Å². The van der Waals surface area contributed by atoms with Crippen LogP contribution in [0, 0.1) is 0 Å². The standard InChI is InChI=1S/C53H38S2/c1-4-35(27-29-41-32-40-26-24-37-28-30-48-52(51(37)53(40)54-41)46-19-11-12-20-47(46)55-48)33(2)21-22-34(3)49-42-15-7-9-17-44(42)50(45-18-10-8-16-43(45)49)39-25-23-36-13-5-6-14-38(36)31-39/h5-31H,2-4,32H2,1H3/b22-21-,35-27+,41-29+. The van der Waals surface area contributed by atoms with Crippen molar-refractivity contribution in [3.8, 4) is 11.1 Å². The Morgan fingerprint density at radius 2 is 1.27 bits per heavy atom. The molecule has 0 saturated carbocycles. The Labute approximate surface area is 330 Å². The fourth-order valence-corrected chi connectivity index (χ4v) is 10.8. The fraction of sp³-hybridized carbons (Fsp3) is 0.0566. The van der Waals surface area contributed by atoms with Crippen LogP contribution in [0.15, 0.2) is 198 Å². The number of allylic oxidation sites excluding steroid dienone is 8. The first-order chi connectivity index (χ1) is 27.1. The average Bonchev–Trinajstić information content (AvgIpc) is 3.83. The van der Waals surface area contributed by atoms with Crippen molar-refractivity contribution >= 4 is 91.9 Å². The molecule has 9 aromatic rings. The van der Waals surface area contributed by atoms with Crippen LogP contribution in [0.5, 0.6) is 0 Å². The average molecular weight is 739 g/mol. The van der Waals surface area contributed by atoms with E-state index in [1.165, 1.54) is 101 Å². The van der Waals surface area contributed by atoms with Gasteiger partial charge in [0.25, 0.3) is 0 Å². The Morgan fingerprint density at radius 3 is 2.04 bits per heavy atom. The molecule has 0 fully saturated rings. The second-order valence-corrected chi connectivity index (χ2v) is 16.7. The van der Waals surface area contributed by atoms with E-state index in [1.54, 1.807) is 0 Å². The molecule has 0 bridgehead atoms. The lowest BCUT2D eigenvalue weighted by Gasteiger charge is -2.18. The van der Waals surface area contributed by atoms with Crippen LogP contribution in [0.4, 0.5) is 0 Å². The first kappa shape index (κ1) is 33.6. The zero-order chi connectivity index (χ0) is 37.0. The van der Waals surface area contributed by atoms with Gasteiger partial charge in [-0.1, -0.05) is 177 Å². The van der Waals surface area contributed by atoms with Crippen molar-refractivity contribution in [1.82, 2.24) is 0 Å². The van der Waals surface area contributed by atoms with E-state index in [-0.39, 0.29) is 0 Å². The van der Waals surface area contributed by atoms with Gasteiger partial charge in [-0.3, -0.25) is 0 Å². The summed E-state index contributed by atoms with van der Waals surface area (Å²) in [6.07, 6.45) is 10.8. The van der Waals surface area contributed by atoms with Crippen LogP contribution in [-0.4, -0.2) is 0 Å². The highest BCUT2D eigenvalue weighted by atomic mass is 32.2. The van der Waals surface area contributed by atoms with Crippen molar-refractivity contribution in [2.24, 2.45) is 0 Å². The summed E-state index contributed by atoms with van der Waals surface area (Å²) >= 11 is 3.83. The Hall–Kier alpha value is -5.93. The Bertz CT molecular complexity index is 3110. The number of thioether (sulfide) groups is 1. The van der Waals surface area contributed by atoms with E-state index in [0.717, 1.165) is 24.0 Å². The van der Waals surface area contributed by atoms with Crippen LogP contribution in [0.1, 0.15) is 24.5 Å². The summed E-state index contributed by atoms with van der Waals surface area (Å²) in [6.45, 7) is 11.4. The number of thiophene rings is 1. The maximum absolute atomic E-state index is 4.66. The molecule has 8 aromatic carbocycles. The van der Waals surface area contributed by atoms with Gasteiger partial charge in [0.2, 0.25) is 0 Å². The molecule has 1 aliphatic rings. The number of benzene rings is 8. The van der Waals surface area contributed by atoms with E-state index < -0.39 is 0 Å². The van der Waals surface area contributed by atoms with E-state index in [9.17, 15) is 0 Å². The van der Waals surface area contributed by atoms with Crippen LogP contribution in [0.2, 0.25) is 0 Å². The summed E-state index contributed by atoms with van der Waals surface area (Å²) in [4.78, 5) is 2.78. The molecule has 10 rings (SSSR count). The second-order valence-electron chi connectivity index (χ2n) is 14.4. The molecule has 0 amide bonds. The van der Waals surface area contributed by atoms with Crippen LogP contribution in [-0.2, 0) is 6.42 Å². The zero-order valence-electron chi connectivity index (χ0n) is 30.7. The Kier molecular flexibility index (Phi) is 8.39. The zero-order valence-corrected chi connectivity index (χ0v) is 32.4. The summed E-state index contributed by atoms with van der Waals surface area (Å²) in [5.41, 5.74) is 8.30. The van der Waals surface area contributed by atoms with Crippen LogP contribution in [0.3, 0.4) is 0 Å². The van der Waals surface area contributed by atoms with Gasteiger partial charge < -0.3 is 0 Å². The fourth-order valence-electron chi connectivity index (χ4n) is 8.51. The Balaban J connectivity index is 0.973. The van der Waals surface area contributed by atoms with Crippen molar-refractivity contribution in [2.45, 2.75) is 24.7 Å². The minimum Gasteiger partial charge on any atom is -0.135 e. The molecule has 0 N–H and O–H groups in total. The molecule has 0 radical (unpaired) electrons. The predicted octanol–water partition coefficient (Wildman–Crippen LogP) is 16.0. The van der Waals surface area contributed by atoms with Gasteiger partial charge in [0.15, 0.2) is 0 Å². The lowest BCUT2D eigenvalue weighted by atomic mass is 9.85. The van der Waals surface area contributed by atoms with Crippen molar-refractivity contribution in [3.05, 3.63) is 204 Å². The highest BCUT2D eigenvalue weighted by molar-refractivity contribution is 8.03. The highest BCUT2D eigenvalue weighted by Gasteiger charge is 2.22. The molecular formula is C53H38S2. The monoisotopic (exact) mass is 738 g/mol.